The predicted molar refractivity (Wildman–Crippen MR) is 65.6 cm³/mol. The van der Waals surface area contributed by atoms with Crippen molar-refractivity contribution in [2.75, 3.05) is 6.54 Å². The van der Waals surface area contributed by atoms with Gasteiger partial charge in [0.15, 0.2) is 0 Å². The van der Waals surface area contributed by atoms with E-state index in [0.717, 1.165) is 13.1 Å². The third-order valence-corrected chi connectivity index (χ3v) is 3.07. The Morgan fingerprint density at radius 2 is 2.24 bits per heavy atom. The predicted octanol–water partition coefficient (Wildman–Crippen LogP) is 0.791. The SMILES string of the molecule is CCC(O)CNC(=O)c1ccc2c(c1)CNC2. The maximum Gasteiger partial charge on any atom is 0.251 e. The summed E-state index contributed by atoms with van der Waals surface area (Å²) in [6.45, 7) is 3.91. The van der Waals surface area contributed by atoms with E-state index < -0.39 is 6.10 Å². The Hall–Kier alpha value is -1.39. The molecule has 1 atom stereocenters. The molecule has 1 aliphatic heterocycles. The van der Waals surface area contributed by atoms with Gasteiger partial charge >= 0.3 is 0 Å². The number of hydrogen-bond donors (Lipinski definition) is 3. The number of carbonyl (C=O) groups is 1. The second-order valence-corrected chi connectivity index (χ2v) is 4.36. The minimum absolute atomic E-state index is 0.118. The number of fused-ring (bicyclic) bond motifs is 1. The summed E-state index contributed by atoms with van der Waals surface area (Å²) in [7, 11) is 0. The first-order chi connectivity index (χ1) is 8.20. The monoisotopic (exact) mass is 234 g/mol. The molecule has 4 heteroatoms. The molecule has 0 saturated carbocycles. The lowest BCUT2D eigenvalue weighted by Gasteiger charge is -2.10. The Morgan fingerprint density at radius 3 is 3.00 bits per heavy atom. The molecule has 1 aliphatic rings. The molecule has 1 aromatic rings. The van der Waals surface area contributed by atoms with Gasteiger partial charge in [-0.3, -0.25) is 4.79 Å². The van der Waals surface area contributed by atoms with Gasteiger partial charge in [0.2, 0.25) is 0 Å². The molecule has 17 heavy (non-hydrogen) atoms. The highest BCUT2D eigenvalue weighted by Crippen LogP contribution is 2.16. The molecule has 0 spiro atoms. The lowest BCUT2D eigenvalue weighted by Crippen LogP contribution is -2.31. The molecule has 0 fully saturated rings. The van der Waals surface area contributed by atoms with Crippen molar-refractivity contribution in [2.45, 2.75) is 32.5 Å². The van der Waals surface area contributed by atoms with Crippen LogP contribution in [0.3, 0.4) is 0 Å². The van der Waals surface area contributed by atoms with Crippen molar-refractivity contribution in [1.82, 2.24) is 10.6 Å². The smallest absolute Gasteiger partial charge is 0.251 e. The molecule has 4 nitrogen and oxygen atoms in total. The largest absolute Gasteiger partial charge is 0.391 e. The fourth-order valence-corrected chi connectivity index (χ4v) is 1.89. The van der Waals surface area contributed by atoms with E-state index in [1.165, 1.54) is 11.1 Å². The summed E-state index contributed by atoms with van der Waals surface area (Å²) in [5, 5.41) is 15.4. The molecule has 1 unspecified atom stereocenters. The summed E-state index contributed by atoms with van der Waals surface area (Å²) < 4.78 is 0. The van der Waals surface area contributed by atoms with Crippen molar-refractivity contribution in [2.24, 2.45) is 0 Å². The van der Waals surface area contributed by atoms with Crippen molar-refractivity contribution in [1.29, 1.82) is 0 Å². The fraction of sp³-hybridized carbons (Fsp3) is 0.462. The van der Waals surface area contributed by atoms with Crippen LogP contribution in [0.1, 0.15) is 34.8 Å². The summed E-state index contributed by atoms with van der Waals surface area (Å²) >= 11 is 0. The van der Waals surface area contributed by atoms with E-state index in [0.29, 0.717) is 18.5 Å². The number of nitrogens with one attached hydrogen (secondary N) is 2. The molecule has 1 heterocycles. The van der Waals surface area contributed by atoms with Crippen LogP contribution < -0.4 is 10.6 Å². The van der Waals surface area contributed by atoms with Crippen molar-refractivity contribution < 1.29 is 9.90 Å². The van der Waals surface area contributed by atoms with E-state index >= 15 is 0 Å². The van der Waals surface area contributed by atoms with Crippen LogP contribution in [0.5, 0.6) is 0 Å². The van der Waals surface area contributed by atoms with Crippen LogP contribution in [0.25, 0.3) is 0 Å². The summed E-state index contributed by atoms with van der Waals surface area (Å²) in [5.41, 5.74) is 3.11. The van der Waals surface area contributed by atoms with Gasteiger partial charge in [0.05, 0.1) is 6.10 Å². The van der Waals surface area contributed by atoms with E-state index in [-0.39, 0.29) is 5.91 Å². The molecule has 0 aromatic heterocycles. The summed E-state index contributed by atoms with van der Waals surface area (Å²) in [4.78, 5) is 11.8. The molecule has 92 valence electrons. The third kappa shape index (κ3) is 2.84. The summed E-state index contributed by atoms with van der Waals surface area (Å²) in [5.74, 6) is -0.118. The van der Waals surface area contributed by atoms with Gasteiger partial charge in [-0.05, 0) is 29.7 Å². The minimum atomic E-state index is -0.463. The van der Waals surface area contributed by atoms with E-state index in [9.17, 15) is 9.90 Å². The number of benzene rings is 1. The van der Waals surface area contributed by atoms with Crippen molar-refractivity contribution in [3.8, 4) is 0 Å². The maximum atomic E-state index is 11.8. The van der Waals surface area contributed by atoms with Gasteiger partial charge in [-0.25, -0.2) is 0 Å². The van der Waals surface area contributed by atoms with E-state index in [2.05, 4.69) is 10.6 Å². The molecule has 0 saturated heterocycles. The molecule has 2 rings (SSSR count). The average Bonchev–Trinajstić information content (AvgIpc) is 2.82. The fourth-order valence-electron chi connectivity index (χ4n) is 1.89. The molecule has 0 radical (unpaired) electrons. The third-order valence-electron chi connectivity index (χ3n) is 3.07. The maximum absolute atomic E-state index is 11.8. The lowest BCUT2D eigenvalue weighted by molar-refractivity contribution is 0.0914. The molecule has 3 N–H and O–H groups in total. The van der Waals surface area contributed by atoms with Gasteiger partial charge < -0.3 is 15.7 Å². The van der Waals surface area contributed by atoms with Crippen LogP contribution in [-0.2, 0) is 13.1 Å². The number of carbonyl (C=O) groups excluding carboxylic acids is 1. The van der Waals surface area contributed by atoms with Crippen LogP contribution in [0.2, 0.25) is 0 Å². The standard InChI is InChI=1S/C13H18N2O2/c1-2-12(16)8-15-13(17)9-3-4-10-6-14-7-11(10)5-9/h3-5,12,14,16H,2,6-8H2,1H3,(H,15,17). The van der Waals surface area contributed by atoms with E-state index in [1.54, 1.807) is 0 Å². The minimum Gasteiger partial charge on any atom is -0.391 e. The Kier molecular flexibility index (Phi) is 3.76. The first-order valence-electron chi connectivity index (χ1n) is 5.99. The highest BCUT2D eigenvalue weighted by molar-refractivity contribution is 5.94. The normalized spacial score (nSPS) is 15.4. The van der Waals surface area contributed by atoms with Crippen molar-refractivity contribution in [3.05, 3.63) is 34.9 Å². The van der Waals surface area contributed by atoms with Gasteiger partial charge in [0.25, 0.3) is 5.91 Å². The first-order valence-corrected chi connectivity index (χ1v) is 5.99. The van der Waals surface area contributed by atoms with Gasteiger partial charge in [-0.2, -0.15) is 0 Å². The highest BCUT2D eigenvalue weighted by atomic mass is 16.3. The number of amides is 1. The number of aliphatic hydroxyl groups is 1. The quantitative estimate of drug-likeness (QED) is 0.722. The summed E-state index contributed by atoms with van der Waals surface area (Å²) in [6.07, 6.45) is 0.184. The van der Waals surface area contributed by atoms with Crippen molar-refractivity contribution in [3.63, 3.8) is 0 Å². The number of aliphatic hydroxyl groups excluding tert-OH is 1. The molecular formula is C13H18N2O2. The van der Waals surface area contributed by atoms with Gasteiger partial charge in [-0.15, -0.1) is 0 Å². The Morgan fingerprint density at radius 1 is 1.47 bits per heavy atom. The lowest BCUT2D eigenvalue weighted by atomic mass is 10.1. The topological polar surface area (TPSA) is 61.4 Å². The van der Waals surface area contributed by atoms with E-state index in [1.807, 2.05) is 25.1 Å². The average molecular weight is 234 g/mol. The molecule has 1 amide bonds. The number of rotatable bonds is 4. The zero-order chi connectivity index (χ0) is 12.3. The molecule has 1 aromatic carbocycles. The van der Waals surface area contributed by atoms with Crippen LogP contribution in [0, 0.1) is 0 Å². The summed E-state index contributed by atoms with van der Waals surface area (Å²) in [6, 6.07) is 5.74. The number of hydrogen-bond acceptors (Lipinski definition) is 3. The highest BCUT2D eigenvalue weighted by Gasteiger charge is 2.13. The van der Waals surface area contributed by atoms with Gasteiger partial charge in [0, 0.05) is 25.2 Å². The van der Waals surface area contributed by atoms with Gasteiger partial charge in [-0.1, -0.05) is 13.0 Å². The van der Waals surface area contributed by atoms with Crippen molar-refractivity contribution >= 4 is 5.91 Å². The molecular weight excluding hydrogens is 216 g/mol. The second-order valence-electron chi connectivity index (χ2n) is 4.36. The Labute approximate surface area is 101 Å². The van der Waals surface area contributed by atoms with Crippen LogP contribution >= 0.6 is 0 Å². The van der Waals surface area contributed by atoms with Crippen LogP contribution in [0.15, 0.2) is 18.2 Å². The van der Waals surface area contributed by atoms with Gasteiger partial charge in [0.1, 0.15) is 0 Å². The van der Waals surface area contributed by atoms with Crippen LogP contribution in [0.4, 0.5) is 0 Å². The van der Waals surface area contributed by atoms with E-state index in [4.69, 9.17) is 0 Å². The molecule has 0 bridgehead atoms. The Bertz CT molecular complexity index is 418. The first kappa shape index (κ1) is 12.1. The zero-order valence-electron chi connectivity index (χ0n) is 9.99. The zero-order valence-corrected chi connectivity index (χ0v) is 9.99. The molecule has 0 aliphatic carbocycles. The second kappa shape index (κ2) is 5.29. The van der Waals surface area contributed by atoms with Crippen LogP contribution in [-0.4, -0.2) is 23.7 Å². The Balaban J connectivity index is 2.00.